The molecule has 3 rings (SSSR count). The lowest BCUT2D eigenvalue weighted by molar-refractivity contribution is -0.116. The van der Waals surface area contributed by atoms with Crippen molar-refractivity contribution in [3.8, 4) is 11.5 Å². The monoisotopic (exact) mass is 355 g/mol. The Morgan fingerprint density at radius 3 is 2.69 bits per heavy atom. The summed E-state index contributed by atoms with van der Waals surface area (Å²) in [6.07, 6.45) is 0. The molecule has 0 radical (unpaired) electrons. The highest BCUT2D eigenvalue weighted by atomic mass is 16.5. The van der Waals surface area contributed by atoms with E-state index in [0.717, 1.165) is 11.2 Å². The summed E-state index contributed by atoms with van der Waals surface area (Å²) >= 11 is 0. The highest BCUT2D eigenvalue weighted by Gasteiger charge is 2.16. The molecule has 0 aliphatic rings. The standard InChI is InChI=1S/C19H21N3O4/c1-11(20-13-5-7-18-15(9-13)21-12(2)26-18)19(23)22-16-10-14(24-3)6-8-17(16)25-4/h5-11,20H,1-4H3,(H,22,23)/t11-/m0/s1. The highest BCUT2D eigenvalue weighted by molar-refractivity contribution is 5.97. The molecule has 3 aromatic rings. The van der Waals surface area contributed by atoms with Crippen LogP contribution < -0.4 is 20.1 Å². The van der Waals surface area contributed by atoms with Gasteiger partial charge < -0.3 is 24.5 Å². The van der Waals surface area contributed by atoms with Gasteiger partial charge in [0.25, 0.3) is 0 Å². The number of anilines is 2. The summed E-state index contributed by atoms with van der Waals surface area (Å²) in [4.78, 5) is 16.8. The van der Waals surface area contributed by atoms with Crippen LogP contribution in [0.15, 0.2) is 40.8 Å². The number of carbonyl (C=O) groups is 1. The number of hydrogen-bond donors (Lipinski definition) is 2. The fourth-order valence-corrected chi connectivity index (χ4v) is 2.60. The third-order valence-electron chi connectivity index (χ3n) is 3.94. The first-order valence-electron chi connectivity index (χ1n) is 8.17. The number of carbonyl (C=O) groups excluding carboxylic acids is 1. The number of benzene rings is 2. The summed E-state index contributed by atoms with van der Waals surface area (Å²) in [5.74, 6) is 1.60. The van der Waals surface area contributed by atoms with Crippen LogP contribution in [0.1, 0.15) is 12.8 Å². The van der Waals surface area contributed by atoms with Crippen LogP contribution in [0.4, 0.5) is 11.4 Å². The zero-order chi connectivity index (χ0) is 18.7. The number of methoxy groups -OCH3 is 2. The van der Waals surface area contributed by atoms with Crippen molar-refractivity contribution in [3.63, 3.8) is 0 Å². The molecule has 0 saturated carbocycles. The number of aryl methyl sites for hydroxylation is 1. The summed E-state index contributed by atoms with van der Waals surface area (Å²) in [7, 11) is 3.12. The Labute approximate surface area is 151 Å². The van der Waals surface area contributed by atoms with E-state index in [2.05, 4.69) is 15.6 Å². The zero-order valence-corrected chi connectivity index (χ0v) is 15.1. The second-order valence-electron chi connectivity index (χ2n) is 5.84. The molecule has 136 valence electrons. The van der Waals surface area contributed by atoms with E-state index in [1.165, 1.54) is 0 Å². The molecule has 0 bridgehead atoms. The van der Waals surface area contributed by atoms with E-state index in [0.29, 0.717) is 28.7 Å². The maximum absolute atomic E-state index is 12.5. The molecule has 1 atom stereocenters. The number of nitrogens with zero attached hydrogens (tertiary/aromatic N) is 1. The van der Waals surface area contributed by atoms with Gasteiger partial charge in [0.2, 0.25) is 5.91 Å². The van der Waals surface area contributed by atoms with Gasteiger partial charge in [0.1, 0.15) is 23.1 Å². The Balaban J connectivity index is 1.72. The first kappa shape index (κ1) is 17.6. The van der Waals surface area contributed by atoms with Crippen molar-refractivity contribution in [3.05, 3.63) is 42.3 Å². The second-order valence-corrected chi connectivity index (χ2v) is 5.84. The molecule has 0 unspecified atom stereocenters. The van der Waals surface area contributed by atoms with Crippen molar-refractivity contribution in [2.24, 2.45) is 0 Å². The van der Waals surface area contributed by atoms with E-state index in [9.17, 15) is 4.79 Å². The molecular formula is C19H21N3O4. The fraction of sp³-hybridized carbons (Fsp3) is 0.263. The van der Waals surface area contributed by atoms with E-state index in [1.807, 2.05) is 18.2 Å². The van der Waals surface area contributed by atoms with E-state index in [-0.39, 0.29) is 5.91 Å². The van der Waals surface area contributed by atoms with Crippen LogP contribution in [0.5, 0.6) is 11.5 Å². The van der Waals surface area contributed by atoms with Gasteiger partial charge in [-0.1, -0.05) is 0 Å². The van der Waals surface area contributed by atoms with Crippen LogP contribution in [0, 0.1) is 6.92 Å². The minimum Gasteiger partial charge on any atom is -0.497 e. The zero-order valence-electron chi connectivity index (χ0n) is 15.1. The predicted molar refractivity (Wildman–Crippen MR) is 100 cm³/mol. The Morgan fingerprint density at radius 2 is 1.96 bits per heavy atom. The molecule has 0 saturated heterocycles. The first-order valence-corrected chi connectivity index (χ1v) is 8.17. The van der Waals surface area contributed by atoms with Crippen LogP contribution in [-0.2, 0) is 4.79 Å². The summed E-state index contributed by atoms with van der Waals surface area (Å²) in [5, 5.41) is 6.02. The summed E-state index contributed by atoms with van der Waals surface area (Å²) in [6, 6.07) is 10.3. The van der Waals surface area contributed by atoms with Gasteiger partial charge in [-0.05, 0) is 37.3 Å². The highest BCUT2D eigenvalue weighted by Crippen LogP contribution is 2.29. The Hall–Kier alpha value is -3.22. The molecule has 1 aromatic heterocycles. The van der Waals surface area contributed by atoms with Gasteiger partial charge in [0.05, 0.1) is 19.9 Å². The molecule has 1 heterocycles. The van der Waals surface area contributed by atoms with Gasteiger partial charge in [0.15, 0.2) is 11.5 Å². The lowest BCUT2D eigenvalue weighted by atomic mass is 10.2. The van der Waals surface area contributed by atoms with Gasteiger partial charge in [-0.3, -0.25) is 4.79 Å². The molecular weight excluding hydrogens is 334 g/mol. The minimum absolute atomic E-state index is 0.201. The van der Waals surface area contributed by atoms with Crippen molar-refractivity contribution < 1.29 is 18.7 Å². The molecule has 0 spiro atoms. The largest absolute Gasteiger partial charge is 0.497 e. The molecule has 0 aliphatic heterocycles. The SMILES string of the molecule is COc1ccc(OC)c(NC(=O)[C@H](C)Nc2ccc3oc(C)nc3c2)c1. The average molecular weight is 355 g/mol. The van der Waals surface area contributed by atoms with Crippen molar-refractivity contribution in [2.45, 2.75) is 19.9 Å². The molecule has 2 N–H and O–H groups in total. The topological polar surface area (TPSA) is 85.6 Å². The van der Waals surface area contributed by atoms with E-state index >= 15 is 0 Å². The molecule has 26 heavy (non-hydrogen) atoms. The molecule has 7 heteroatoms. The van der Waals surface area contributed by atoms with Crippen LogP contribution in [0.3, 0.4) is 0 Å². The van der Waals surface area contributed by atoms with Gasteiger partial charge >= 0.3 is 0 Å². The maximum Gasteiger partial charge on any atom is 0.246 e. The quantitative estimate of drug-likeness (QED) is 0.703. The van der Waals surface area contributed by atoms with Crippen LogP contribution in [0.2, 0.25) is 0 Å². The van der Waals surface area contributed by atoms with Gasteiger partial charge in [-0.2, -0.15) is 0 Å². The number of amides is 1. The van der Waals surface area contributed by atoms with Gasteiger partial charge in [0, 0.05) is 18.7 Å². The Bertz CT molecular complexity index is 936. The lowest BCUT2D eigenvalue weighted by Crippen LogP contribution is -2.32. The number of rotatable bonds is 6. The fourth-order valence-electron chi connectivity index (χ4n) is 2.60. The lowest BCUT2D eigenvalue weighted by Gasteiger charge is -2.17. The third kappa shape index (κ3) is 3.72. The number of nitrogens with one attached hydrogen (secondary N) is 2. The van der Waals surface area contributed by atoms with Crippen molar-refractivity contribution in [2.75, 3.05) is 24.9 Å². The number of oxazole rings is 1. The number of fused-ring (bicyclic) bond motifs is 1. The maximum atomic E-state index is 12.5. The van der Waals surface area contributed by atoms with Crippen molar-refractivity contribution >= 4 is 28.4 Å². The van der Waals surface area contributed by atoms with Gasteiger partial charge in [-0.25, -0.2) is 4.98 Å². The summed E-state index contributed by atoms with van der Waals surface area (Å²) in [6.45, 7) is 3.57. The van der Waals surface area contributed by atoms with Gasteiger partial charge in [-0.15, -0.1) is 0 Å². The number of aromatic nitrogens is 1. The normalized spacial score (nSPS) is 11.8. The van der Waals surface area contributed by atoms with E-state index in [1.54, 1.807) is 46.3 Å². The average Bonchev–Trinajstić information content (AvgIpc) is 3.00. The number of hydrogen-bond acceptors (Lipinski definition) is 6. The molecule has 0 aliphatic carbocycles. The third-order valence-corrected chi connectivity index (χ3v) is 3.94. The first-order chi connectivity index (χ1) is 12.5. The molecule has 2 aromatic carbocycles. The minimum atomic E-state index is -0.476. The van der Waals surface area contributed by atoms with Crippen molar-refractivity contribution in [1.29, 1.82) is 0 Å². The van der Waals surface area contributed by atoms with Crippen LogP contribution in [0.25, 0.3) is 11.1 Å². The smallest absolute Gasteiger partial charge is 0.246 e. The summed E-state index contributed by atoms with van der Waals surface area (Å²) < 4.78 is 15.9. The van der Waals surface area contributed by atoms with E-state index < -0.39 is 6.04 Å². The second kappa shape index (κ2) is 7.35. The Kier molecular flexibility index (Phi) is 4.97. The van der Waals surface area contributed by atoms with E-state index in [4.69, 9.17) is 13.9 Å². The van der Waals surface area contributed by atoms with Crippen LogP contribution >= 0.6 is 0 Å². The summed E-state index contributed by atoms with van der Waals surface area (Å²) in [5.41, 5.74) is 2.79. The van der Waals surface area contributed by atoms with Crippen LogP contribution in [-0.4, -0.2) is 31.2 Å². The molecule has 7 nitrogen and oxygen atoms in total. The number of ether oxygens (including phenoxy) is 2. The molecule has 1 amide bonds. The predicted octanol–water partition coefficient (Wildman–Crippen LogP) is 3.59. The Morgan fingerprint density at radius 1 is 1.15 bits per heavy atom. The van der Waals surface area contributed by atoms with Crippen molar-refractivity contribution in [1.82, 2.24) is 4.98 Å². The molecule has 0 fully saturated rings.